The van der Waals surface area contributed by atoms with E-state index >= 15 is 0 Å². The van der Waals surface area contributed by atoms with Crippen LogP contribution in [0.5, 0.6) is 0 Å². The summed E-state index contributed by atoms with van der Waals surface area (Å²) in [7, 11) is 0. The fourth-order valence-corrected chi connectivity index (χ4v) is 4.27. The maximum atomic E-state index is 10.3. The van der Waals surface area contributed by atoms with Crippen LogP contribution in [0.15, 0.2) is 66.0 Å². The average molecular weight is 481 g/mol. The third kappa shape index (κ3) is 4.07. The van der Waals surface area contributed by atoms with Gasteiger partial charge in [-0.25, -0.2) is 4.98 Å². The van der Waals surface area contributed by atoms with E-state index in [1.807, 2.05) is 24.3 Å². The number of nitrogens with one attached hydrogen (secondary N) is 3. The van der Waals surface area contributed by atoms with Gasteiger partial charge in [-0.15, -0.1) is 0 Å². The van der Waals surface area contributed by atoms with Gasteiger partial charge in [-0.2, -0.15) is 5.10 Å². The molecule has 0 aliphatic heterocycles. The second-order valence-electron chi connectivity index (χ2n) is 9.09. The molecule has 0 aliphatic rings. The molecule has 180 valence electrons. The highest BCUT2D eigenvalue weighted by Crippen LogP contribution is 2.32. The molecule has 0 aliphatic carbocycles. The van der Waals surface area contributed by atoms with Gasteiger partial charge in [0, 0.05) is 28.9 Å². The highest BCUT2D eigenvalue weighted by molar-refractivity contribution is 5.96. The SMILES string of the molecule is CC(C)CC(O)Nc1cncc(-c2cc3c(-c4nc5c(-c6ccoc6)nccc5[nH]4)n[nH]c3cn2)c1. The zero-order valence-electron chi connectivity index (χ0n) is 19.7. The van der Waals surface area contributed by atoms with Gasteiger partial charge in [0.1, 0.15) is 23.1 Å². The number of imidazole rings is 1. The molecule has 6 aromatic rings. The van der Waals surface area contributed by atoms with Crippen LogP contribution in [0, 0.1) is 5.92 Å². The predicted octanol–water partition coefficient (Wildman–Crippen LogP) is 4.99. The van der Waals surface area contributed by atoms with E-state index in [0.29, 0.717) is 23.9 Å². The molecule has 0 aromatic carbocycles. The van der Waals surface area contributed by atoms with Crippen molar-refractivity contribution in [2.24, 2.45) is 5.92 Å². The fourth-order valence-electron chi connectivity index (χ4n) is 4.27. The summed E-state index contributed by atoms with van der Waals surface area (Å²) in [6.07, 6.45) is 10.2. The minimum absolute atomic E-state index is 0.372. The van der Waals surface area contributed by atoms with Crippen molar-refractivity contribution in [2.45, 2.75) is 26.5 Å². The highest BCUT2D eigenvalue weighted by atomic mass is 16.3. The van der Waals surface area contributed by atoms with Crippen molar-refractivity contribution in [1.29, 1.82) is 0 Å². The molecule has 0 saturated carbocycles. The maximum absolute atomic E-state index is 10.3. The number of aromatic nitrogens is 7. The Hall–Kier alpha value is -4.57. The van der Waals surface area contributed by atoms with E-state index in [1.165, 1.54) is 0 Å². The van der Waals surface area contributed by atoms with Crippen molar-refractivity contribution >= 4 is 27.6 Å². The first kappa shape index (κ1) is 21.9. The van der Waals surface area contributed by atoms with Crippen LogP contribution in [0.25, 0.3) is 56.0 Å². The summed E-state index contributed by atoms with van der Waals surface area (Å²) < 4.78 is 5.23. The molecule has 10 nitrogen and oxygen atoms in total. The number of aliphatic hydroxyl groups is 1. The van der Waals surface area contributed by atoms with Crippen LogP contribution < -0.4 is 5.32 Å². The number of aromatic amines is 2. The Labute approximate surface area is 205 Å². The summed E-state index contributed by atoms with van der Waals surface area (Å²) in [6, 6.07) is 7.63. The lowest BCUT2D eigenvalue weighted by Crippen LogP contribution is -2.20. The van der Waals surface area contributed by atoms with Gasteiger partial charge in [0.25, 0.3) is 0 Å². The van der Waals surface area contributed by atoms with Gasteiger partial charge < -0.3 is 19.8 Å². The van der Waals surface area contributed by atoms with E-state index in [1.54, 1.807) is 37.3 Å². The second kappa shape index (κ2) is 8.90. The molecule has 0 amide bonds. The first-order valence-corrected chi connectivity index (χ1v) is 11.7. The van der Waals surface area contributed by atoms with Crippen molar-refractivity contribution < 1.29 is 9.52 Å². The molecule has 0 fully saturated rings. The zero-order valence-corrected chi connectivity index (χ0v) is 19.7. The predicted molar refractivity (Wildman–Crippen MR) is 137 cm³/mol. The van der Waals surface area contributed by atoms with E-state index in [0.717, 1.165) is 50.1 Å². The summed E-state index contributed by atoms with van der Waals surface area (Å²) in [4.78, 5) is 21.6. The first-order chi connectivity index (χ1) is 17.5. The molecule has 1 atom stereocenters. The largest absolute Gasteiger partial charge is 0.472 e. The number of hydrogen-bond acceptors (Lipinski definition) is 8. The standard InChI is InChI=1S/C26H24N8O2/c1-14(2)7-22(35)30-17-8-16(10-27-11-17)20-9-18-21(12-29-20)33-34-24(18)26-31-19-3-5-28-23(25(19)32-26)15-4-6-36-13-15/h3-6,8-14,22,30,35H,7H2,1-2H3,(H,31,32)(H,33,34). The Kier molecular flexibility index (Phi) is 5.42. The molecule has 6 heterocycles. The minimum atomic E-state index is -0.646. The molecule has 0 saturated heterocycles. The molecule has 36 heavy (non-hydrogen) atoms. The van der Waals surface area contributed by atoms with E-state index in [-0.39, 0.29) is 0 Å². The third-order valence-electron chi connectivity index (χ3n) is 5.93. The van der Waals surface area contributed by atoms with Gasteiger partial charge in [0.05, 0.1) is 47.3 Å². The lowest BCUT2D eigenvalue weighted by atomic mass is 10.1. The number of furan rings is 1. The first-order valence-electron chi connectivity index (χ1n) is 11.7. The molecule has 6 aromatic heterocycles. The number of H-pyrrole nitrogens is 2. The molecule has 0 spiro atoms. The lowest BCUT2D eigenvalue weighted by Gasteiger charge is -2.16. The molecule has 1 unspecified atom stereocenters. The Morgan fingerprint density at radius 2 is 1.94 bits per heavy atom. The van der Waals surface area contributed by atoms with Crippen molar-refractivity contribution in [3.63, 3.8) is 0 Å². The molecule has 6 rings (SSSR count). The molecule has 4 N–H and O–H groups in total. The minimum Gasteiger partial charge on any atom is -0.472 e. The maximum Gasteiger partial charge on any atom is 0.159 e. The average Bonchev–Trinajstić information content (AvgIpc) is 3.62. The molecular formula is C26H24N8O2. The van der Waals surface area contributed by atoms with Crippen LogP contribution in [0.2, 0.25) is 0 Å². The summed E-state index contributed by atoms with van der Waals surface area (Å²) in [5.41, 5.74) is 6.93. The van der Waals surface area contributed by atoms with Crippen LogP contribution in [0.3, 0.4) is 0 Å². The van der Waals surface area contributed by atoms with Crippen LogP contribution in [0.1, 0.15) is 20.3 Å². The molecule has 0 bridgehead atoms. The fraction of sp³-hybridized carbons (Fsp3) is 0.192. The lowest BCUT2D eigenvalue weighted by molar-refractivity contribution is 0.176. The number of anilines is 1. The topological polar surface area (TPSA) is 141 Å². The van der Waals surface area contributed by atoms with E-state index in [2.05, 4.69) is 49.3 Å². The summed E-state index contributed by atoms with van der Waals surface area (Å²) in [6.45, 7) is 4.13. The monoisotopic (exact) mass is 480 g/mol. The number of rotatable bonds is 7. The van der Waals surface area contributed by atoms with Gasteiger partial charge >= 0.3 is 0 Å². The van der Waals surface area contributed by atoms with Gasteiger partial charge in [-0.05, 0) is 36.6 Å². The molecule has 10 heteroatoms. The van der Waals surface area contributed by atoms with E-state index in [9.17, 15) is 5.11 Å². The van der Waals surface area contributed by atoms with Crippen LogP contribution in [-0.2, 0) is 0 Å². The van der Waals surface area contributed by atoms with Crippen molar-refractivity contribution in [1.82, 2.24) is 35.1 Å². The highest BCUT2D eigenvalue weighted by Gasteiger charge is 2.17. The van der Waals surface area contributed by atoms with Gasteiger partial charge in [0.15, 0.2) is 5.82 Å². The number of aliphatic hydroxyl groups excluding tert-OH is 1. The summed E-state index contributed by atoms with van der Waals surface area (Å²) >= 11 is 0. The molecular weight excluding hydrogens is 456 g/mol. The van der Waals surface area contributed by atoms with E-state index in [4.69, 9.17) is 9.40 Å². The second-order valence-corrected chi connectivity index (χ2v) is 9.09. The Morgan fingerprint density at radius 1 is 1.03 bits per heavy atom. The Balaban J connectivity index is 1.37. The number of pyridine rings is 3. The van der Waals surface area contributed by atoms with Gasteiger partial charge in [0.2, 0.25) is 0 Å². The molecule has 0 radical (unpaired) electrons. The van der Waals surface area contributed by atoms with Crippen molar-refractivity contribution in [3.8, 4) is 34.0 Å². The summed E-state index contributed by atoms with van der Waals surface area (Å²) in [5.74, 6) is 0.994. The van der Waals surface area contributed by atoms with E-state index < -0.39 is 6.23 Å². The summed E-state index contributed by atoms with van der Waals surface area (Å²) in [5, 5.41) is 21.8. The van der Waals surface area contributed by atoms with Crippen molar-refractivity contribution in [2.75, 3.05) is 5.32 Å². The van der Waals surface area contributed by atoms with Gasteiger partial charge in [-0.3, -0.25) is 20.1 Å². The van der Waals surface area contributed by atoms with Crippen LogP contribution in [0.4, 0.5) is 5.69 Å². The quantitative estimate of drug-likeness (QED) is 0.234. The number of nitrogens with zero attached hydrogens (tertiary/aromatic N) is 5. The zero-order chi connectivity index (χ0) is 24.6. The Bertz CT molecular complexity index is 1650. The number of hydrogen-bond donors (Lipinski definition) is 4. The normalized spacial score (nSPS) is 12.6. The Morgan fingerprint density at radius 3 is 2.78 bits per heavy atom. The van der Waals surface area contributed by atoms with Crippen molar-refractivity contribution in [3.05, 3.63) is 61.6 Å². The smallest absolute Gasteiger partial charge is 0.159 e. The van der Waals surface area contributed by atoms with Crippen LogP contribution in [-0.4, -0.2) is 46.5 Å². The third-order valence-corrected chi connectivity index (χ3v) is 5.93. The van der Waals surface area contributed by atoms with Gasteiger partial charge in [-0.1, -0.05) is 13.8 Å². The number of fused-ring (bicyclic) bond motifs is 2. The van der Waals surface area contributed by atoms with Crippen LogP contribution >= 0.6 is 0 Å².